The third kappa shape index (κ3) is 2.52. The number of carbonyl (C=O) groups excluding carboxylic acids is 2. The number of esters is 1. The fourth-order valence-corrected chi connectivity index (χ4v) is 2.08. The molecule has 0 radical (unpaired) electrons. The van der Waals surface area contributed by atoms with E-state index in [0.29, 0.717) is 25.2 Å². The zero-order chi connectivity index (χ0) is 8.97. The van der Waals surface area contributed by atoms with Crippen molar-refractivity contribution >= 4 is 23.5 Å². The van der Waals surface area contributed by atoms with Crippen molar-refractivity contribution in [2.24, 2.45) is 0 Å². The van der Waals surface area contributed by atoms with Gasteiger partial charge in [0.1, 0.15) is 11.0 Å². The molecule has 68 valence electrons. The van der Waals surface area contributed by atoms with Gasteiger partial charge in [-0.25, -0.2) is 0 Å². The van der Waals surface area contributed by atoms with Gasteiger partial charge in [0.05, 0.1) is 12.4 Å². The summed E-state index contributed by atoms with van der Waals surface area (Å²) in [6.07, 6.45) is 1.17. The van der Waals surface area contributed by atoms with Crippen LogP contribution in [-0.2, 0) is 14.3 Å². The molecule has 0 aliphatic carbocycles. The molecule has 0 amide bonds. The molecule has 1 atom stereocenters. The number of hydrogen-bond donors (Lipinski definition) is 0. The average molecular weight is 188 g/mol. The molecule has 4 heteroatoms. The van der Waals surface area contributed by atoms with Crippen molar-refractivity contribution in [2.75, 3.05) is 12.4 Å². The predicted octanol–water partition coefficient (Wildman–Crippen LogP) is 1.01. The van der Waals surface area contributed by atoms with Crippen molar-refractivity contribution in [3.05, 3.63) is 0 Å². The van der Waals surface area contributed by atoms with Crippen molar-refractivity contribution in [3.8, 4) is 0 Å². The van der Waals surface area contributed by atoms with Gasteiger partial charge >= 0.3 is 5.97 Å². The molecule has 1 aliphatic heterocycles. The Morgan fingerprint density at radius 3 is 3.00 bits per heavy atom. The normalized spacial score (nSPS) is 23.8. The Labute approximate surface area is 75.8 Å². The van der Waals surface area contributed by atoms with Crippen LogP contribution in [0.5, 0.6) is 0 Å². The molecule has 1 saturated heterocycles. The number of thioether (sulfide) groups is 1. The first-order valence-corrected chi connectivity index (χ1v) is 5.09. The molecule has 1 aliphatic rings. The van der Waals surface area contributed by atoms with E-state index in [2.05, 4.69) is 0 Å². The molecule has 0 aromatic heterocycles. The highest BCUT2D eigenvalue weighted by molar-refractivity contribution is 8.01. The van der Waals surface area contributed by atoms with E-state index in [9.17, 15) is 9.59 Å². The van der Waals surface area contributed by atoms with Gasteiger partial charge in [-0.15, -0.1) is 11.8 Å². The van der Waals surface area contributed by atoms with Gasteiger partial charge in [-0.2, -0.15) is 0 Å². The molecular weight excluding hydrogens is 176 g/mol. The molecule has 0 aromatic rings. The number of ketones is 1. The fourth-order valence-electron chi connectivity index (χ4n) is 1.06. The monoisotopic (exact) mass is 188 g/mol. The van der Waals surface area contributed by atoms with Crippen molar-refractivity contribution in [1.29, 1.82) is 0 Å². The van der Waals surface area contributed by atoms with Crippen LogP contribution in [0, 0.1) is 0 Å². The van der Waals surface area contributed by atoms with E-state index < -0.39 is 0 Å². The van der Waals surface area contributed by atoms with Crippen molar-refractivity contribution in [1.82, 2.24) is 0 Å². The molecule has 0 bridgehead atoms. The molecule has 0 aromatic carbocycles. The van der Waals surface area contributed by atoms with Gasteiger partial charge in [-0.3, -0.25) is 9.59 Å². The van der Waals surface area contributed by atoms with Crippen LogP contribution in [0.4, 0.5) is 0 Å². The summed E-state index contributed by atoms with van der Waals surface area (Å²) in [6, 6.07) is 0. The summed E-state index contributed by atoms with van der Waals surface area (Å²) in [5.74, 6) is 0.527. The van der Waals surface area contributed by atoms with Crippen LogP contribution >= 0.6 is 11.8 Å². The van der Waals surface area contributed by atoms with Crippen LogP contribution in [0.2, 0.25) is 0 Å². The number of Topliss-reactive ketones (excluding diaryl/α,β-unsaturated/α-hetero) is 1. The van der Waals surface area contributed by atoms with Crippen LogP contribution in [0.1, 0.15) is 19.8 Å². The first kappa shape index (κ1) is 9.58. The van der Waals surface area contributed by atoms with Gasteiger partial charge in [0, 0.05) is 6.42 Å². The first-order valence-electron chi connectivity index (χ1n) is 4.04. The Bertz CT molecular complexity index is 181. The highest BCUT2D eigenvalue weighted by atomic mass is 32.2. The van der Waals surface area contributed by atoms with Gasteiger partial charge in [0.15, 0.2) is 0 Å². The largest absolute Gasteiger partial charge is 0.465 e. The summed E-state index contributed by atoms with van der Waals surface area (Å²) < 4.78 is 4.85. The van der Waals surface area contributed by atoms with Crippen molar-refractivity contribution < 1.29 is 14.3 Å². The zero-order valence-electron chi connectivity index (χ0n) is 7.04. The maximum absolute atomic E-state index is 11.2. The maximum atomic E-state index is 11.2. The van der Waals surface area contributed by atoms with Gasteiger partial charge in [0.25, 0.3) is 0 Å². The molecule has 0 unspecified atom stereocenters. The Hall–Kier alpha value is -0.510. The smallest absolute Gasteiger partial charge is 0.319 e. The minimum atomic E-state index is -0.171. The van der Waals surface area contributed by atoms with E-state index in [1.165, 1.54) is 11.8 Å². The molecule has 0 spiro atoms. The zero-order valence-corrected chi connectivity index (χ0v) is 7.86. The number of rotatable bonds is 2. The van der Waals surface area contributed by atoms with E-state index >= 15 is 0 Å². The van der Waals surface area contributed by atoms with Gasteiger partial charge in [-0.1, -0.05) is 0 Å². The minimum Gasteiger partial charge on any atom is -0.465 e. The SMILES string of the molecule is CCOC(=O)[C@@H]1CCC(=O)CS1. The number of ether oxygens (including phenoxy) is 1. The second-order valence-corrected chi connectivity index (χ2v) is 3.82. The average Bonchev–Trinajstić information content (AvgIpc) is 2.06. The Kier molecular flexibility index (Phi) is 3.59. The quantitative estimate of drug-likeness (QED) is 0.607. The molecular formula is C8H12O3S. The molecule has 12 heavy (non-hydrogen) atoms. The lowest BCUT2D eigenvalue weighted by Gasteiger charge is -2.18. The highest BCUT2D eigenvalue weighted by Gasteiger charge is 2.26. The van der Waals surface area contributed by atoms with Crippen LogP contribution in [-0.4, -0.2) is 29.4 Å². The van der Waals surface area contributed by atoms with E-state index in [1.807, 2.05) is 0 Å². The van der Waals surface area contributed by atoms with Crippen LogP contribution < -0.4 is 0 Å². The lowest BCUT2D eigenvalue weighted by Crippen LogP contribution is -2.26. The molecule has 0 N–H and O–H groups in total. The van der Waals surface area contributed by atoms with E-state index in [-0.39, 0.29) is 17.0 Å². The van der Waals surface area contributed by atoms with E-state index in [4.69, 9.17) is 4.74 Å². The number of carbonyl (C=O) groups is 2. The van der Waals surface area contributed by atoms with Crippen molar-refractivity contribution in [2.45, 2.75) is 25.0 Å². The fraction of sp³-hybridized carbons (Fsp3) is 0.750. The number of hydrogen-bond acceptors (Lipinski definition) is 4. The summed E-state index contributed by atoms with van der Waals surface area (Å²) in [6.45, 7) is 2.21. The van der Waals surface area contributed by atoms with Gasteiger partial charge in [-0.05, 0) is 13.3 Å². The maximum Gasteiger partial charge on any atom is 0.319 e. The standard InChI is InChI=1S/C8H12O3S/c1-2-11-8(10)7-4-3-6(9)5-12-7/h7H,2-5H2,1H3/t7-/m0/s1. The first-order chi connectivity index (χ1) is 5.74. The summed E-state index contributed by atoms with van der Waals surface area (Å²) >= 11 is 1.40. The molecule has 0 saturated carbocycles. The Morgan fingerprint density at radius 1 is 1.75 bits per heavy atom. The highest BCUT2D eigenvalue weighted by Crippen LogP contribution is 2.23. The van der Waals surface area contributed by atoms with Crippen LogP contribution in [0.3, 0.4) is 0 Å². The van der Waals surface area contributed by atoms with Gasteiger partial charge < -0.3 is 4.74 Å². The van der Waals surface area contributed by atoms with Crippen LogP contribution in [0.25, 0.3) is 0 Å². The summed E-state index contributed by atoms with van der Waals surface area (Å²) in [5, 5.41) is -0.109. The lowest BCUT2D eigenvalue weighted by molar-refractivity contribution is -0.142. The topological polar surface area (TPSA) is 43.4 Å². The third-order valence-corrected chi connectivity index (χ3v) is 3.00. The second kappa shape index (κ2) is 4.50. The summed E-state index contributed by atoms with van der Waals surface area (Å²) in [5.41, 5.74) is 0. The van der Waals surface area contributed by atoms with Gasteiger partial charge in [0.2, 0.25) is 0 Å². The predicted molar refractivity (Wildman–Crippen MR) is 47.1 cm³/mol. The second-order valence-electron chi connectivity index (χ2n) is 2.63. The minimum absolute atomic E-state index is 0.109. The molecule has 3 nitrogen and oxygen atoms in total. The molecule has 1 heterocycles. The third-order valence-electron chi connectivity index (χ3n) is 1.68. The summed E-state index contributed by atoms with van der Waals surface area (Å²) in [4.78, 5) is 22.0. The molecule has 1 rings (SSSR count). The molecule has 1 fully saturated rings. The lowest BCUT2D eigenvalue weighted by atomic mass is 10.2. The Morgan fingerprint density at radius 2 is 2.50 bits per heavy atom. The van der Waals surface area contributed by atoms with E-state index in [0.717, 1.165) is 0 Å². The van der Waals surface area contributed by atoms with Crippen molar-refractivity contribution in [3.63, 3.8) is 0 Å². The Balaban J connectivity index is 2.33. The summed E-state index contributed by atoms with van der Waals surface area (Å²) in [7, 11) is 0. The van der Waals surface area contributed by atoms with E-state index in [1.54, 1.807) is 6.92 Å². The van der Waals surface area contributed by atoms with Crippen LogP contribution in [0.15, 0.2) is 0 Å².